The number of carbonyl (C=O) groups is 1. The van der Waals surface area contributed by atoms with Crippen LogP contribution < -0.4 is 5.32 Å². The zero-order valence-corrected chi connectivity index (χ0v) is 17.0. The van der Waals surface area contributed by atoms with E-state index in [1.54, 1.807) is 12.3 Å². The van der Waals surface area contributed by atoms with Gasteiger partial charge in [-0.05, 0) is 38.5 Å². The van der Waals surface area contributed by atoms with Crippen LogP contribution in [-0.4, -0.2) is 36.2 Å². The minimum atomic E-state index is -0.114. The molecule has 0 saturated carbocycles. The van der Waals surface area contributed by atoms with Gasteiger partial charge in [-0.25, -0.2) is 0 Å². The summed E-state index contributed by atoms with van der Waals surface area (Å²) in [5, 5.41) is 17.0. The second kappa shape index (κ2) is 8.58. The molecular weight excluding hydrogens is 384 g/mol. The van der Waals surface area contributed by atoms with Crippen molar-refractivity contribution < 1.29 is 4.79 Å². The van der Waals surface area contributed by atoms with Crippen molar-refractivity contribution >= 4 is 35.0 Å². The van der Waals surface area contributed by atoms with Crippen LogP contribution in [0.3, 0.4) is 0 Å². The number of carbonyl (C=O) groups excluding carboxylic acids is 1. The molecule has 27 heavy (non-hydrogen) atoms. The first-order valence-electron chi connectivity index (χ1n) is 8.67. The monoisotopic (exact) mass is 404 g/mol. The van der Waals surface area contributed by atoms with E-state index in [-0.39, 0.29) is 11.7 Å². The fraction of sp³-hybridized carbons (Fsp3) is 0.333. The van der Waals surface area contributed by atoms with E-state index in [2.05, 4.69) is 20.6 Å². The number of rotatable bonds is 7. The molecule has 0 radical (unpaired) electrons. The van der Waals surface area contributed by atoms with Crippen molar-refractivity contribution in [1.82, 2.24) is 24.5 Å². The van der Waals surface area contributed by atoms with Crippen molar-refractivity contribution in [3.63, 3.8) is 0 Å². The quantitative estimate of drug-likeness (QED) is 0.605. The number of hydrogen-bond acceptors (Lipinski definition) is 5. The van der Waals surface area contributed by atoms with Crippen LogP contribution in [0.15, 0.2) is 35.7 Å². The van der Waals surface area contributed by atoms with Gasteiger partial charge in [0.05, 0.1) is 17.5 Å². The topological polar surface area (TPSA) is 77.6 Å². The summed E-state index contributed by atoms with van der Waals surface area (Å²) in [5.74, 6) is 0.875. The van der Waals surface area contributed by atoms with Crippen molar-refractivity contribution in [3.8, 4) is 11.4 Å². The molecule has 0 aliphatic carbocycles. The Balaban J connectivity index is 1.69. The summed E-state index contributed by atoms with van der Waals surface area (Å²) in [4.78, 5) is 12.3. The second-order valence-corrected chi connectivity index (χ2v) is 7.23. The third-order valence-corrected chi connectivity index (χ3v) is 5.50. The highest BCUT2D eigenvalue weighted by Crippen LogP contribution is 2.25. The van der Waals surface area contributed by atoms with Crippen LogP contribution in [0.5, 0.6) is 0 Å². The molecule has 142 valence electrons. The van der Waals surface area contributed by atoms with Gasteiger partial charge in [0.1, 0.15) is 0 Å². The number of nitrogens with one attached hydrogen (secondary N) is 1. The highest BCUT2D eigenvalue weighted by atomic mass is 35.5. The lowest BCUT2D eigenvalue weighted by Gasteiger charge is -2.09. The Morgan fingerprint density at radius 1 is 1.26 bits per heavy atom. The Morgan fingerprint density at radius 2 is 2.07 bits per heavy atom. The summed E-state index contributed by atoms with van der Waals surface area (Å²) >= 11 is 7.45. The molecule has 2 heterocycles. The number of benzene rings is 1. The Bertz CT molecular complexity index is 951. The van der Waals surface area contributed by atoms with Crippen LogP contribution in [-0.2, 0) is 17.9 Å². The summed E-state index contributed by atoms with van der Waals surface area (Å²) in [6, 6.07) is 5.45. The Kier molecular flexibility index (Phi) is 6.18. The van der Waals surface area contributed by atoms with E-state index in [1.165, 1.54) is 11.8 Å². The Hall–Kier alpha value is -2.32. The summed E-state index contributed by atoms with van der Waals surface area (Å²) < 4.78 is 3.83. The first-order chi connectivity index (χ1) is 13.0. The number of aryl methyl sites for hydroxylation is 1. The van der Waals surface area contributed by atoms with E-state index in [9.17, 15) is 4.79 Å². The van der Waals surface area contributed by atoms with Crippen molar-refractivity contribution in [3.05, 3.63) is 41.2 Å². The molecule has 1 N–H and O–H groups in total. The predicted molar refractivity (Wildman–Crippen MR) is 108 cm³/mol. The maximum absolute atomic E-state index is 12.3. The number of anilines is 1. The van der Waals surface area contributed by atoms with Crippen LogP contribution >= 0.6 is 23.4 Å². The van der Waals surface area contributed by atoms with Gasteiger partial charge in [-0.2, -0.15) is 5.10 Å². The highest BCUT2D eigenvalue weighted by Gasteiger charge is 2.16. The molecule has 0 spiro atoms. The van der Waals surface area contributed by atoms with Crippen LogP contribution in [0.1, 0.15) is 19.4 Å². The number of aromatic nitrogens is 5. The second-order valence-electron chi connectivity index (χ2n) is 5.88. The number of halogens is 1. The molecule has 3 rings (SSSR count). The van der Waals surface area contributed by atoms with E-state index in [1.807, 2.05) is 48.3 Å². The molecular formula is C18H21ClN6OS. The lowest BCUT2D eigenvalue weighted by Crippen LogP contribution is -2.15. The molecule has 0 fully saturated rings. The highest BCUT2D eigenvalue weighted by molar-refractivity contribution is 7.99. The molecule has 1 aromatic carbocycles. The molecule has 0 unspecified atom stereocenters. The van der Waals surface area contributed by atoms with Gasteiger partial charge in [0.15, 0.2) is 11.0 Å². The molecule has 9 heteroatoms. The Morgan fingerprint density at radius 3 is 2.78 bits per heavy atom. The lowest BCUT2D eigenvalue weighted by atomic mass is 10.2. The minimum Gasteiger partial charge on any atom is -0.325 e. The molecule has 0 bridgehead atoms. The van der Waals surface area contributed by atoms with Crippen LogP contribution in [0.4, 0.5) is 5.69 Å². The zero-order valence-electron chi connectivity index (χ0n) is 15.4. The minimum absolute atomic E-state index is 0.114. The largest absolute Gasteiger partial charge is 0.325 e. The SMILES string of the molecule is CCn1cc(-c2nnc(SCC(=O)Nc3cccc(Cl)c3C)n2CC)cn1. The predicted octanol–water partition coefficient (Wildman–Crippen LogP) is 3.87. The standard InChI is InChI=1S/C18H21ClN6OS/c1-4-24-10-13(9-20-24)17-22-23-18(25(17)5-2)27-11-16(26)21-15-8-6-7-14(19)12(15)3/h6-10H,4-5,11H2,1-3H3,(H,21,26). The van der Waals surface area contributed by atoms with Gasteiger partial charge in [-0.3, -0.25) is 9.48 Å². The van der Waals surface area contributed by atoms with Crippen molar-refractivity contribution in [2.45, 2.75) is 39.0 Å². The van der Waals surface area contributed by atoms with E-state index in [0.29, 0.717) is 16.7 Å². The first kappa shape index (κ1) is 19.4. The first-order valence-corrected chi connectivity index (χ1v) is 10.0. The normalized spacial score (nSPS) is 11.0. The van der Waals surface area contributed by atoms with Gasteiger partial charge < -0.3 is 9.88 Å². The fourth-order valence-electron chi connectivity index (χ4n) is 2.61. The summed E-state index contributed by atoms with van der Waals surface area (Å²) in [6.45, 7) is 7.43. The van der Waals surface area contributed by atoms with Gasteiger partial charge in [0.25, 0.3) is 0 Å². The zero-order chi connectivity index (χ0) is 19.4. The molecule has 1 amide bonds. The number of amides is 1. The third kappa shape index (κ3) is 4.33. The van der Waals surface area contributed by atoms with E-state index >= 15 is 0 Å². The molecule has 0 saturated heterocycles. The molecule has 7 nitrogen and oxygen atoms in total. The van der Waals surface area contributed by atoms with Crippen molar-refractivity contribution in [2.75, 3.05) is 11.1 Å². The molecule has 0 aliphatic heterocycles. The van der Waals surface area contributed by atoms with E-state index in [0.717, 1.165) is 29.2 Å². The van der Waals surface area contributed by atoms with Crippen LogP contribution in [0.25, 0.3) is 11.4 Å². The summed E-state index contributed by atoms with van der Waals surface area (Å²) in [5.41, 5.74) is 2.49. The molecule has 0 aliphatic rings. The lowest BCUT2D eigenvalue weighted by molar-refractivity contribution is -0.113. The van der Waals surface area contributed by atoms with E-state index < -0.39 is 0 Å². The Labute approximate surface area is 167 Å². The van der Waals surface area contributed by atoms with Crippen molar-refractivity contribution in [1.29, 1.82) is 0 Å². The maximum atomic E-state index is 12.3. The van der Waals surface area contributed by atoms with Gasteiger partial charge in [-0.15, -0.1) is 10.2 Å². The number of thioether (sulfide) groups is 1. The van der Waals surface area contributed by atoms with Gasteiger partial charge in [0, 0.05) is 30.0 Å². The van der Waals surface area contributed by atoms with Crippen LogP contribution in [0.2, 0.25) is 5.02 Å². The van der Waals surface area contributed by atoms with E-state index in [4.69, 9.17) is 11.6 Å². The molecule has 2 aromatic heterocycles. The maximum Gasteiger partial charge on any atom is 0.234 e. The summed E-state index contributed by atoms with van der Waals surface area (Å²) in [6.07, 6.45) is 3.72. The van der Waals surface area contributed by atoms with Gasteiger partial charge in [-0.1, -0.05) is 29.4 Å². The fourth-order valence-corrected chi connectivity index (χ4v) is 3.58. The average molecular weight is 405 g/mol. The number of nitrogens with zero attached hydrogens (tertiary/aromatic N) is 5. The van der Waals surface area contributed by atoms with Crippen molar-refractivity contribution in [2.24, 2.45) is 0 Å². The van der Waals surface area contributed by atoms with Crippen LogP contribution in [0, 0.1) is 6.92 Å². The van der Waals surface area contributed by atoms with Gasteiger partial charge in [0.2, 0.25) is 5.91 Å². The van der Waals surface area contributed by atoms with Gasteiger partial charge >= 0.3 is 0 Å². The molecule has 3 aromatic rings. The molecule has 0 atom stereocenters. The number of hydrogen-bond donors (Lipinski definition) is 1. The smallest absolute Gasteiger partial charge is 0.234 e. The average Bonchev–Trinajstić information content (AvgIpc) is 3.29. The third-order valence-electron chi connectivity index (χ3n) is 4.12. The summed E-state index contributed by atoms with van der Waals surface area (Å²) in [7, 11) is 0.